The van der Waals surface area contributed by atoms with Gasteiger partial charge in [-0.05, 0) is 35.2 Å². The lowest BCUT2D eigenvalue weighted by atomic mass is 10.0. The molecule has 36 heavy (non-hydrogen) atoms. The number of unbranched alkanes of at least 4 members (excludes halogenated alkanes) is 1. The van der Waals surface area contributed by atoms with Gasteiger partial charge in [-0.3, -0.25) is 9.59 Å². The van der Waals surface area contributed by atoms with E-state index in [2.05, 4.69) is 40.3 Å². The van der Waals surface area contributed by atoms with Crippen molar-refractivity contribution >= 4 is 39.5 Å². The predicted molar refractivity (Wildman–Crippen MR) is 154 cm³/mol. The van der Waals surface area contributed by atoms with Crippen molar-refractivity contribution < 1.29 is 9.59 Å². The molecule has 0 saturated carbocycles. The number of hydrogen-bond acceptors (Lipinski definition) is 3. The van der Waals surface area contributed by atoms with E-state index in [1.165, 1.54) is 5.56 Å². The lowest BCUT2D eigenvalue weighted by molar-refractivity contribution is -0.141. The summed E-state index contributed by atoms with van der Waals surface area (Å²) >= 11 is 5.23. The van der Waals surface area contributed by atoms with Crippen LogP contribution in [-0.2, 0) is 28.3 Å². The van der Waals surface area contributed by atoms with Gasteiger partial charge in [0.15, 0.2) is 0 Å². The van der Waals surface area contributed by atoms with Crippen molar-refractivity contribution in [3.05, 3.63) is 106 Å². The van der Waals surface area contributed by atoms with Gasteiger partial charge in [-0.15, -0.1) is 0 Å². The van der Waals surface area contributed by atoms with Crippen LogP contribution >= 0.6 is 27.7 Å². The van der Waals surface area contributed by atoms with Gasteiger partial charge in [0.25, 0.3) is 0 Å². The number of rotatable bonds is 14. The lowest BCUT2D eigenvalue weighted by Crippen LogP contribution is -2.50. The minimum atomic E-state index is -0.570. The number of carbonyl (C=O) groups is 2. The first kappa shape index (κ1) is 28.0. The van der Waals surface area contributed by atoms with E-state index in [0.717, 1.165) is 34.2 Å². The summed E-state index contributed by atoms with van der Waals surface area (Å²) in [6.07, 6.45) is 2.80. The zero-order valence-corrected chi connectivity index (χ0v) is 23.3. The van der Waals surface area contributed by atoms with Crippen LogP contribution in [0.25, 0.3) is 0 Å². The fourth-order valence-corrected chi connectivity index (χ4v) is 5.07. The van der Waals surface area contributed by atoms with Crippen LogP contribution in [0, 0.1) is 0 Å². The number of hydrogen-bond donors (Lipinski definition) is 1. The summed E-state index contributed by atoms with van der Waals surface area (Å²) in [6, 6.07) is 27.6. The Morgan fingerprint density at radius 1 is 0.889 bits per heavy atom. The highest BCUT2D eigenvalue weighted by molar-refractivity contribution is 9.10. The molecule has 0 aliphatic carbocycles. The summed E-state index contributed by atoms with van der Waals surface area (Å²) in [7, 11) is 0. The van der Waals surface area contributed by atoms with Gasteiger partial charge in [-0.25, -0.2) is 0 Å². The molecule has 0 aromatic heterocycles. The first-order chi connectivity index (χ1) is 17.6. The van der Waals surface area contributed by atoms with Gasteiger partial charge in [0, 0.05) is 41.9 Å². The third kappa shape index (κ3) is 9.47. The van der Waals surface area contributed by atoms with E-state index in [1.807, 2.05) is 72.8 Å². The van der Waals surface area contributed by atoms with Crippen LogP contribution in [0.4, 0.5) is 0 Å². The molecule has 0 radical (unpaired) electrons. The molecule has 3 rings (SSSR count). The lowest BCUT2D eigenvalue weighted by Gasteiger charge is -2.31. The summed E-state index contributed by atoms with van der Waals surface area (Å²) in [6.45, 7) is 3.12. The van der Waals surface area contributed by atoms with E-state index in [-0.39, 0.29) is 11.8 Å². The molecule has 0 unspecified atom stereocenters. The number of amides is 2. The van der Waals surface area contributed by atoms with E-state index in [4.69, 9.17) is 0 Å². The Hall–Kier alpha value is -2.57. The van der Waals surface area contributed by atoms with Crippen LogP contribution < -0.4 is 5.32 Å². The molecule has 0 heterocycles. The second-order valence-electron chi connectivity index (χ2n) is 8.79. The molecule has 0 saturated heterocycles. The van der Waals surface area contributed by atoms with Crippen molar-refractivity contribution in [1.29, 1.82) is 0 Å². The molecule has 190 valence electrons. The standard InChI is InChI=1S/C30H35BrN2O2S/c1-2-3-19-32-30(35)28(21-24-10-6-4-7-11-24)33(22-25-14-16-27(31)17-15-25)29(34)18-20-36-23-26-12-8-5-9-13-26/h4-17,28H,2-3,18-23H2,1H3,(H,32,35)/t28-/m1/s1. The van der Waals surface area contributed by atoms with Crippen LogP contribution in [-0.4, -0.2) is 35.1 Å². The van der Waals surface area contributed by atoms with Crippen LogP contribution in [0.15, 0.2) is 89.4 Å². The molecule has 0 bridgehead atoms. The summed E-state index contributed by atoms with van der Waals surface area (Å²) in [5.41, 5.74) is 3.29. The Balaban J connectivity index is 1.77. The molecule has 0 spiro atoms. The van der Waals surface area contributed by atoms with E-state index in [0.29, 0.717) is 31.7 Å². The molecule has 0 aliphatic rings. The molecule has 1 N–H and O–H groups in total. The number of benzene rings is 3. The molecule has 1 atom stereocenters. The number of thioether (sulfide) groups is 1. The molecule has 2 amide bonds. The minimum Gasteiger partial charge on any atom is -0.354 e. The SMILES string of the molecule is CCCCNC(=O)[C@@H](Cc1ccccc1)N(Cc1ccc(Br)cc1)C(=O)CCSCc1ccccc1. The average molecular weight is 568 g/mol. The summed E-state index contributed by atoms with van der Waals surface area (Å²) in [5, 5.41) is 3.08. The van der Waals surface area contributed by atoms with Crippen molar-refractivity contribution in [2.24, 2.45) is 0 Å². The van der Waals surface area contributed by atoms with Gasteiger partial charge < -0.3 is 10.2 Å². The highest BCUT2D eigenvalue weighted by Gasteiger charge is 2.30. The summed E-state index contributed by atoms with van der Waals surface area (Å²) in [5.74, 6) is 1.49. The van der Waals surface area contributed by atoms with Crippen LogP contribution in [0.5, 0.6) is 0 Å². The monoisotopic (exact) mass is 566 g/mol. The van der Waals surface area contributed by atoms with Gasteiger partial charge in [0.1, 0.15) is 6.04 Å². The Kier molecular flexibility index (Phi) is 12.1. The zero-order valence-electron chi connectivity index (χ0n) is 20.9. The van der Waals surface area contributed by atoms with Gasteiger partial charge in [0.2, 0.25) is 11.8 Å². The van der Waals surface area contributed by atoms with Crippen LogP contribution in [0.2, 0.25) is 0 Å². The van der Waals surface area contributed by atoms with E-state index in [1.54, 1.807) is 16.7 Å². The maximum absolute atomic E-state index is 13.6. The first-order valence-corrected chi connectivity index (χ1v) is 14.5. The number of halogens is 1. The molecule has 0 aliphatic heterocycles. The number of carbonyl (C=O) groups excluding carboxylic acids is 2. The van der Waals surface area contributed by atoms with Gasteiger partial charge >= 0.3 is 0 Å². The maximum atomic E-state index is 13.6. The Bertz CT molecular complexity index is 1060. The Labute approximate surface area is 228 Å². The molecular weight excluding hydrogens is 532 g/mol. The fourth-order valence-electron chi connectivity index (χ4n) is 3.91. The summed E-state index contributed by atoms with van der Waals surface area (Å²) < 4.78 is 0.986. The van der Waals surface area contributed by atoms with Gasteiger partial charge in [-0.1, -0.05) is 102 Å². The van der Waals surface area contributed by atoms with Crippen LogP contribution in [0.3, 0.4) is 0 Å². The smallest absolute Gasteiger partial charge is 0.243 e. The highest BCUT2D eigenvalue weighted by atomic mass is 79.9. The molecule has 6 heteroatoms. The van der Waals surface area contributed by atoms with Crippen molar-refractivity contribution in [2.45, 2.75) is 50.9 Å². The van der Waals surface area contributed by atoms with Crippen molar-refractivity contribution in [3.63, 3.8) is 0 Å². The number of nitrogens with zero attached hydrogens (tertiary/aromatic N) is 1. The highest BCUT2D eigenvalue weighted by Crippen LogP contribution is 2.19. The Morgan fingerprint density at radius 3 is 2.17 bits per heavy atom. The van der Waals surface area contributed by atoms with Crippen LogP contribution in [0.1, 0.15) is 42.9 Å². The fraction of sp³-hybridized carbons (Fsp3) is 0.333. The molecule has 4 nitrogen and oxygen atoms in total. The summed E-state index contributed by atoms with van der Waals surface area (Å²) in [4.78, 5) is 28.8. The van der Waals surface area contributed by atoms with E-state index < -0.39 is 6.04 Å². The quantitative estimate of drug-likeness (QED) is 0.223. The largest absolute Gasteiger partial charge is 0.354 e. The third-order valence-electron chi connectivity index (χ3n) is 5.94. The number of nitrogens with one attached hydrogen (secondary N) is 1. The molecule has 3 aromatic carbocycles. The van der Waals surface area contributed by atoms with Crippen molar-refractivity contribution in [1.82, 2.24) is 10.2 Å². The van der Waals surface area contributed by atoms with E-state index >= 15 is 0 Å². The minimum absolute atomic E-state index is 0.00468. The van der Waals surface area contributed by atoms with Crippen molar-refractivity contribution in [2.75, 3.05) is 12.3 Å². The molecular formula is C30H35BrN2O2S. The van der Waals surface area contributed by atoms with E-state index in [9.17, 15) is 9.59 Å². The van der Waals surface area contributed by atoms with Crippen molar-refractivity contribution in [3.8, 4) is 0 Å². The normalized spacial score (nSPS) is 11.6. The molecule has 3 aromatic rings. The topological polar surface area (TPSA) is 49.4 Å². The van der Waals surface area contributed by atoms with Gasteiger partial charge in [-0.2, -0.15) is 11.8 Å². The second kappa shape index (κ2) is 15.5. The first-order valence-electron chi connectivity index (χ1n) is 12.5. The van der Waals surface area contributed by atoms with Gasteiger partial charge in [0.05, 0.1) is 0 Å². The predicted octanol–water partition coefficient (Wildman–Crippen LogP) is 6.63. The molecule has 0 fully saturated rings. The zero-order chi connectivity index (χ0) is 25.6. The second-order valence-corrected chi connectivity index (χ2v) is 10.8. The third-order valence-corrected chi connectivity index (χ3v) is 7.50. The Morgan fingerprint density at radius 2 is 1.53 bits per heavy atom. The average Bonchev–Trinajstić information content (AvgIpc) is 2.91. The maximum Gasteiger partial charge on any atom is 0.243 e.